The first kappa shape index (κ1) is 14.3. The first-order valence-electron chi connectivity index (χ1n) is 6.56. The molecule has 3 N–H and O–H groups in total. The summed E-state index contributed by atoms with van der Waals surface area (Å²) in [5.41, 5.74) is 0.266. The van der Waals surface area contributed by atoms with Crippen molar-refractivity contribution < 1.29 is 14.8 Å². The maximum Gasteiger partial charge on any atom is 0.319 e. The summed E-state index contributed by atoms with van der Waals surface area (Å²) in [5.74, 6) is 0. The van der Waals surface area contributed by atoms with E-state index in [0.717, 1.165) is 19.3 Å². The van der Waals surface area contributed by atoms with Crippen LogP contribution in [0.4, 0.5) is 16.2 Å². The second-order valence-corrected chi connectivity index (χ2v) is 4.86. The molecule has 2 rings (SSSR count). The van der Waals surface area contributed by atoms with Gasteiger partial charge in [0.15, 0.2) is 0 Å². The van der Waals surface area contributed by atoms with Crippen LogP contribution in [0.1, 0.15) is 25.7 Å². The fourth-order valence-corrected chi connectivity index (χ4v) is 2.31. The Kier molecular flexibility index (Phi) is 4.52. The number of carbonyl (C=O) groups is 1. The van der Waals surface area contributed by atoms with Crippen LogP contribution in [0, 0.1) is 10.1 Å². The summed E-state index contributed by atoms with van der Waals surface area (Å²) in [5, 5.41) is 25.6. The first-order chi connectivity index (χ1) is 9.56. The van der Waals surface area contributed by atoms with Crippen molar-refractivity contribution in [1.82, 2.24) is 5.32 Å². The topological polar surface area (TPSA) is 104 Å². The molecule has 0 saturated heterocycles. The van der Waals surface area contributed by atoms with Gasteiger partial charge in [0.05, 0.1) is 17.1 Å². The van der Waals surface area contributed by atoms with Gasteiger partial charge >= 0.3 is 6.03 Å². The standard InChI is InChI=1S/C13H17N3O4/c17-12-7-2-1-6-11(12)15-13(18)14-9-4-3-5-10(8-9)16(19)20/h3-5,8,11-12,17H,1-2,6-7H2,(H2,14,15,18)/t11-,12-/m0/s1. The molecule has 2 amide bonds. The quantitative estimate of drug-likeness (QED) is 0.581. The highest BCUT2D eigenvalue weighted by Crippen LogP contribution is 2.19. The molecule has 1 aromatic carbocycles. The third-order valence-corrected chi connectivity index (χ3v) is 3.36. The lowest BCUT2D eigenvalue weighted by atomic mass is 9.93. The van der Waals surface area contributed by atoms with Crippen molar-refractivity contribution in [3.8, 4) is 0 Å². The van der Waals surface area contributed by atoms with Gasteiger partial charge in [0.25, 0.3) is 5.69 Å². The van der Waals surface area contributed by atoms with Crippen molar-refractivity contribution in [2.45, 2.75) is 37.8 Å². The summed E-state index contributed by atoms with van der Waals surface area (Å²) < 4.78 is 0. The predicted molar refractivity (Wildman–Crippen MR) is 73.5 cm³/mol. The van der Waals surface area contributed by atoms with Crippen molar-refractivity contribution in [3.63, 3.8) is 0 Å². The number of non-ortho nitro benzene ring substituents is 1. The molecule has 1 saturated carbocycles. The van der Waals surface area contributed by atoms with E-state index < -0.39 is 17.1 Å². The zero-order valence-electron chi connectivity index (χ0n) is 10.9. The Balaban J connectivity index is 1.94. The van der Waals surface area contributed by atoms with Crippen LogP contribution in [0.5, 0.6) is 0 Å². The average Bonchev–Trinajstić information content (AvgIpc) is 2.41. The van der Waals surface area contributed by atoms with Gasteiger partial charge in [0, 0.05) is 17.8 Å². The summed E-state index contributed by atoms with van der Waals surface area (Å²) in [6.45, 7) is 0. The third kappa shape index (κ3) is 3.67. The Morgan fingerprint density at radius 2 is 2.10 bits per heavy atom. The van der Waals surface area contributed by atoms with Crippen molar-refractivity contribution in [2.75, 3.05) is 5.32 Å². The first-order valence-corrected chi connectivity index (χ1v) is 6.56. The van der Waals surface area contributed by atoms with Crippen molar-refractivity contribution >= 4 is 17.4 Å². The number of aliphatic hydroxyl groups is 1. The summed E-state index contributed by atoms with van der Waals surface area (Å²) in [6, 6.07) is 5.00. The van der Waals surface area contributed by atoms with Crippen LogP contribution in [0.2, 0.25) is 0 Å². The van der Waals surface area contributed by atoms with Gasteiger partial charge in [-0.15, -0.1) is 0 Å². The number of anilines is 1. The monoisotopic (exact) mass is 279 g/mol. The van der Waals surface area contributed by atoms with Gasteiger partial charge in [-0.25, -0.2) is 4.79 Å². The van der Waals surface area contributed by atoms with Crippen molar-refractivity contribution in [3.05, 3.63) is 34.4 Å². The normalized spacial score (nSPS) is 22.1. The molecule has 0 aliphatic heterocycles. The number of nitrogens with one attached hydrogen (secondary N) is 2. The van der Waals surface area contributed by atoms with Gasteiger partial charge in [0.2, 0.25) is 0 Å². The molecule has 7 nitrogen and oxygen atoms in total. The van der Waals surface area contributed by atoms with E-state index in [4.69, 9.17) is 0 Å². The number of urea groups is 1. The van der Waals surface area contributed by atoms with Gasteiger partial charge < -0.3 is 15.7 Å². The van der Waals surface area contributed by atoms with Crippen LogP contribution in [-0.2, 0) is 0 Å². The largest absolute Gasteiger partial charge is 0.391 e. The zero-order chi connectivity index (χ0) is 14.5. The average molecular weight is 279 g/mol. The lowest BCUT2D eigenvalue weighted by molar-refractivity contribution is -0.384. The second kappa shape index (κ2) is 6.33. The Labute approximate surface area is 116 Å². The van der Waals surface area contributed by atoms with E-state index in [0.29, 0.717) is 12.1 Å². The Morgan fingerprint density at radius 3 is 2.80 bits per heavy atom. The molecular formula is C13H17N3O4. The van der Waals surface area contributed by atoms with E-state index in [9.17, 15) is 20.0 Å². The highest BCUT2D eigenvalue weighted by molar-refractivity contribution is 5.89. The van der Waals surface area contributed by atoms with Gasteiger partial charge in [-0.3, -0.25) is 10.1 Å². The predicted octanol–water partition coefficient (Wildman–Crippen LogP) is 2.02. The number of amides is 2. The smallest absolute Gasteiger partial charge is 0.319 e. The molecule has 1 aromatic rings. The molecule has 0 radical (unpaired) electrons. The van der Waals surface area contributed by atoms with Crippen LogP contribution < -0.4 is 10.6 Å². The molecule has 0 heterocycles. The van der Waals surface area contributed by atoms with Crippen LogP contribution in [0.3, 0.4) is 0 Å². The number of aliphatic hydroxyl groups excluding tert-OH is 1. The lowest BCUT2D eigenvalue weighted by Crippen LogP contribution is -2.46. The number of rotatable bonds is 3. The van der Waals surface area contributed by atoms with E-state index in [1.165, 1.54) is 18.2 Å². The van der Waals surface area contributed by atoms with Crippen LogP contribution in [0.25, 0.3) is 0 Å². The zero-order valence-corrected chi connectivity index (χ0v) is 10.9. The maximum absolute atomic E-state index is 11.8. The molecule has 0 unspecified atom stereocenters. The Bertz CT molecular complexity index is 506. The minimum absolute atomic E-state index is 0.0829. The fourth-order valence-electron chi connectivity index (χ4n) is 2.31. The van der Waals surface area contributed by atoms with Gasteiger partial charge in [-0.2, -0.15) is 0 Å². The number of nitro benzene ring substituents is 1. The molecule has 20 heavy (non-hydrogen) atoms. The Morgan fingerprint density at radius 1 is 1.35 bits per heavy atom. The molecule has 0 bridgehead atoms. The molecule has 1 aliphatic carbocycles. The number of benzene rings is 1. The minimum atomic E-state index is -0.528. The van der Waals surface area contributed by atoms with E-state index in [1.807, 2.05) is 0 Å². The van der Waals surface area contributed by atoms with Crippen LogP contribution in [-0.4, -0.2) is 28.2 Å². The minimum Gasteiger partial charge on any atom is -0.391 e. The molecule has 1 aliphatic rings. The number of hydrogen-bond acceptors (Lipinski definition) is 4. The van der Waals surface area contributed by atoms with Crippen molar-refractivity contribution in [2.24, 2.45) is 0 Å². The number of carbonyl (C=O) groups excluding carboxylic acids is 1. The van der Waals surface area contributed by atoms with Gasteiger partial charge in [0.1, 0.15) is 0 Å². The second-order valence-electron chi connectivity index (χ2n) is 4.86. The van der Waals surface area contributed by atoms with Crippen molar-refractivity contribution in [1.29, 1.82) is 0 Å². The third-order valence-electron chi connectivity index (χ3n) is 3.36. The van der Waals surface area contributed by atoms with E-state index in [1.54, 1.807) is 6.07 Å². The number of nitro groups is 1. The molecule has 0 aromatic heterocycles. The molecule has 2 atom stereocenters. The summed E-state index contributed by atoms with van der Waals surface area (Å²) >= 11 is 0. The summed E-state index contributed by atoms with van der Waals surface area (Å²) in [6.07, 6.45) is 2.83. The molecule has 1 fully saturated rings. The van der Waals surface area contributed by atoms with E-state index in [-0.39, 0.29) is 11.7 Å². The number of nitrogens with zero attached hydrogens (tertiary/aromatic N) is 1. The van der Waals surface area contributed by atoms with Crippen LogP contribution in [0.15, 0.2) is 24.3 Å². The SMILES string of the molecule is O=C(Nc1cccc([N+](=O)[O-])c1)N[C@H]1CCCC[C@@H]1O. The Hall–Kier alpha value is -2.15. The summed E-state index contributed by atoms with van der Waals surface area (Å²) in [4.78, 5) is 21.9. The molecule has 108 valence electrons. The molecular weight excluding hydrogens is 262 g/mol. The van der Waals surface area contributed by atoms with E-state index in [2.05, 4.69) is 10.6 Å². The molecule has 0 spiro atoms. The maximum atomic E-state index is 11.8. The van der Waals surface area contributed by atoms with Gasteiger partial charge in [-0.05, 0) is 18.9 Å². The van der Waals surface area contributed by atoms with Crippen LogP contribution >= 0.6 is 0 Å². The van der Waals surface area contributed by atoms with Gasteiger partial charge in [-0.1, -0.05) is 18.9 Å². The fraction of sp³-hybridized carbons (Fsp3) is 0.462. The van der Waals surface area contributed by atoms with E-state index >= 15 is 0 Å². The summed E-state index contributed by atoms with van der Waals surface area (Å²) in [7, 11) is 0. The number of hydrogen-bond donors (Lipinski definition) is 3. The highest BCUT2D eigenvalue weighted by Gasteiger charge is 2.24. The lowest BCUT2D eigenvalue weighted by Gasteiger charge is -2.28. The highest BCUT2D eigenvalue weighted by atomic mass is 16.6. The molecule has 7 heteroatoms.